The molecule has 0 atom stereocenters. The lowest BCUT2D eigenvalue weighted by Crippen LogP contribution is -1.91. The highest BCUT2D eigenvalue weighted by Crippen LogP contribution is 2.04. The summed E-state index contributed by atoms with van der Waals surface area (Å²) in [7, 11) is 0. The normalized spacial score (nSPS) is 10.0. The molecule has 0 radical (unpaired) electrons. The van der Waals surface area contributed by atoms with Crippen LogP contribution in [-0.4, -0.2) is 6.54 Å². The zero-order valence-corrected chi connectivity index (χ0v) is 6.70. The molecule has 0 aliphatic carbocycles. The van der Waals surface area contributed by atoms with Gasteiger partial charge in [0, 0.05) is 6.54 Å². The van der Waals surface area contributed by atoms with E-state index < -0.39 is 0 Å². The minimum Gasteiger partial charge on any atom is -0.327 e. The average Bonchev–Trinajstić information content (AvgIpc) is 2.15. The van der Waals surface area contributed by atoms with Crippen LogP contribution in [0, 0.1) is 11.3 Å². The van der Waals surface area contributed by atoms with E-state index in [0.717, 1.165) is 5.56 Å². The van der Waals surface area contributed by atoms with Gasteiger partial charge in [0.2, 0.25) is 0 Å². The van der Waals surface area contributed by atoms with Crippen LogP contribution >= 0.6 is 0 Å². The number of rotatable bonds is 2. The van der Waals surface area contributed by atoms with E-state index >= 15 is 0 Å². The van der Waals surface area contributed by atoms with Crippen LogP contribution in [0.1, 0.15) is 11.1 Å². The molecule has 2 nitrogen and oxygen atoms in total. The third-order valence-electron chi connectivity index (χ3n) is 1.49. The van der Waals surface area contributed by atoms with E-state index in [1.54, 1.807) is 12.1 Å². The summed E-state index contributed by atoms with van der Waals surface area (Å²) in [6, 6.07) is 9.42. The first-order valence-electron chi connectivity index (χ1n) is 3.73. The Labute approximate surface area is 71.9 Å². The monoisotopic (exact) mass is 158 g/mol. The van der Waals surface area contributed by atoms with Crippen molar-refractivity contribution in [1.82, 2.24) is 0 Å². The standard InChI is InChI=1S/C10H10N2/c11-7-1-2-9-3-5-10(8-12)6-4-9/h1-6H,7,11H2. The summed E-state index contributed by atoms with van der Waals surface area (Å²) in [6.45, 7) is 0.542. The van der Waals surface area contributed by atoms with Gasteiger partial charge < -0.3 is 5.73 Å². The molecule has 0 aliphatic rings. The summed E-state index contributed by atoms with van der Waals surface area (Å²) in [5.74, 6) is 0. The van der Waals surface area contributed by atoms with Crippen molar-refractivity contribution in [2.24, 2.45) is 5.73 Å². The van der Waals surface area contributed by atoms with E-state index in [4.69, 9.17) is 11.0 Å². The third kappa shape index (κ3) is 2.22. The van der Waals surface area contributed by atoms with Crippen LogP contribution in [-0.2, 0) is 0 Å². The molecule has 0 bridgehead atoms. The first-order valence-corrected chi connectivity index (χ1v) is 3.73. The van der Waals surface area contributed by atoms with Gasteiger partial charge in [-0.15, -0.1) is 0 Å². The molecule has 1 aromatic rings. The van der Waals surface area contributed by atoms with E-state index in [1.165, 1.54) is 0 Å². The van der Waals surface area contributed by atoms with E-state index in [1.807, 2.05) is 24.3 Å². The minimum absolute atomic E-state index is 0.542. The maximum Gasteiger partial charge on any atom is 0.0991 e. The van der Waals surface area contributed by atoms with E-state index in [-0.39, 0.29) is 0 Å². The third-order valence-corrected chi connectivity index (χ3v) is 1.49. The van der Waals surface area contributed by atoms with Gasteiger partial charge in [0.15, 0.2) is 0 Å². The zero-order valence-electron chi connectivity index (χ0n) is 6.70. The predicted octanol–water partition coefficient (Wildman–Crippen LogP) is 1.53. The molecule has 0 fully saturated rings. The highest BCUT2D eigenvalue weighted by molar-refractivity contribution is 5.50. The lowest BCUT2D eigenvalue weighted by atomic mass is 10.1. The summed E-state index contributed by atoms with van der Waals surface area (Å²) < 4.78 is 0. The first-order chi connectivity index (χ1) is 5.86. The van der Waals surface area contributed by atoms with Gasteiger partial charge >= 0.3 is 0 Å². The van der Waals surface area contributed by atoms with Crippen molar-refractivity contribution in [3.63, 3.8) is 0 Å². The van der Waals surface area contributed by atoms with Crippen LogP contribution in [0.15, 0.2) is 30.3 Å². The molecule has 2 heteroatoms. The molecule has 0 saturated carbocycles. The van der Waals surface area contributed by atoms with Gasteiger partial charge in [-0.3, -0.25) is 0 Å². The van der Waals surface area contributed by atoms with Gasteiger partial charge in [-0.1, -0.05) is 24.3 Å². The quantitative estimate of drug-likeness (QED) is 0.709. The lowest BCUT2D eigenvalue weighted by molar-refractivity contribution is 1.26. The SMILES string of the molecule is N#Cc1ccc(C=CCN)cc1. The molecule has 0 aliphatic heterocycles. The van der Waals surface area contributed by atoms with E-state index in [2.05, 4.69) is 6.07 Å². The Morgan fingerprint density at radius 3 is 2.50 bits per heavy atom. The first kappa shape index (κ1) is 8.51. The molecular formula is C10H10N2. The molecule has 0 aromatic heterocycles. The van der Waals surface area contributed by atoms with Crippen LogP contribution < -0.4 is 5.73 Å². The van der Waals surface area contributed by atoms with Crippen molar-refractivity contribution in [2.75, 3.05) is 6.54 Å². The fraction of sp³-hybridized carbons (Fsp3) is 0.100. The molecule has 2 N–H and O–H groups in total. The van der Waals surface area contributed by atoms with Crippen LogP contribution in [0.2, 0.25) is 0 Å². The van der Waals surface area contributed by atoms with E-state index in [0.29, 0.717) is 12.1 Å². The maximum absolute atomic E-state index is 8.52. The van der Waals surface area contributed by atoms with E-state index in [9.17, 15) is 0 Å². The van der Waals surface area contributed by atoms with Crippen molar-refractivity contribution in [2.45, 2.75) is 0 Å². The highest BCUT2D eigenvalue weighted by atomic mass is 14.5. The molecule has 0 heterocycles. The molecule has 0 spiro atoms. The number of nitriles is 1. The Hall–Kier alpha value is -1.59. The molecular weight excluding hydrogens is 148 g/mol. The molecule has 12 heavy (non-hydrogen) atoms. The Morgan fingerprint density at radius 1 is 1.33 bits per heavy atom. The number of hydrogen-bond acceptors (Lipinski definition) is 2. The van der Waals surface area contributed by atoms with Crippen molar-refractivity contribution in [3.8, 4) is 6.07 Å². The van der Waals surface area contributed by atoms with Crippen LogP contribution in [0.5, 0.6) is 0 Å². The molecule has 0 amide bonds. The average molecular weight is 158 g/mol. The smallest absolute Gasteiger partial charge is 0.0991 e. The molecule has 0 unspecified atom stereocenters. The van der Waals surface area contributed by atoms with Crippen LogP contribution in [0.3, 0.4) is 0 Å². The van der Waals surface area contributed by atoms with Crippen LogP contribution in [0.4, 0.5) is 0 Å². The van der Waals surface area contributed by atoms with Gasteiger partial charge in [0.05, 0.1) is 11.6 Å². The molecule has 0 saturated heterocycles. The van der Waals surface area contributed by atoms with Crippen LogP contribution in [0.25, 0.3) is 6.08 Å². The fourth-order valence-electron chi connectivity index (χ4n) is 0.873. The largest absolute Gasteiger partial charge is 0.327 e. The van der Waals surface area contributed by atoms with Gasteiger partial charge in [-0.2, -0.15) is 5.26 Å². The second-order valence-corrected chi connectivity index (χ2v) is 2.37. The Bertz CT molecular complexity index is 304. The molecule has 1 aromatic carbocycles. The van der Waals surface area contributed by atoms with Gasteiger partial charge in [-0.25, -0.2) is 0 Å². The Balaban J connectivity index is 2.80. The van der Waals surface area contributed by atoms with Gasteiger partial charge in [-0.05, 0) is 17.7 Å². The number of hydrogen-bond donors (Lipinski definition) is 1. The minimum atomic E-state index is 0.542. The van der Waals surface area contributed by atoms with Crippen molar-refractivity contribution in [3.05, 3.63) is 41.5 Å². The summed E-state index contributed by atoms with van der Waals surface area (Å²) in [5, 5.41) is 8.52. The fourth-order valence-corrected chi connectivity index (χ4v) is 0.873. The van der Waals surface area contributed by atoms with Crippen molar-refractivity contribution >= 4 is 6.08 Å². The zero-order chi connectivity index (χ0) is 8.81. The summed E-state index contributed by atoms with van der Waals surface area (Å²) >= 11 is 0. The predicted molar refractivity (Wildman–Crippen MR) is 49.2 cm³/mol. The van der Waals surface area contributed by atoms with Gasteiger partial charge in [0.1, 0.15) is 0 Å². The topological polar surface area (TPSA) is 49.8 Å². The molecule has 1 rings (SSSR count). The van der Waals surface area contributed by atoms with Gasteiger partial charge in [0.25, 0.3) is 0 Å². The summed E-state index contributed by atoms with van der Waals surface area (Å²) in [4.78, 5) is 0. The number of nitrogens with two attached hydrogens (primary N) is 1. The van der Waals surface area contributed by atoms with Crippen molar-refractivity contribution in [1.29, 1.82) is 5.26 Å². The Morgan fingerprint density at radius 2 is 2.00 bits per heavy atom. The second kappa shape index (κ2) is 4.32. The second-order valence-electron chi connectivity index (χ2n) is 2.37. The number of nitrogens with zero attached hydrogens (tertiary/aromatic N) is 1. The number of benzene rings is 1. The Kier molecular flexibility index (Phi) is 3.06. The highest BCUT2D eigenvalue weighted by Gasteiger charge is 1.87. The lowest BCUT2D eigenvalue weighted by Gasteiger charge is -1.91. The summed E-state index contributed by atoms with van der Waals surface area (Å²) in [5.41, 5.74) is 7.04. The molecule has 60 valence electrons. The summed E-state index contributed by atoms with van der Waals surface area (Å²) in [6.07, 6.45) is 3.81. The maximum atomic E-state index is 8.52. The van der Waals surface area contributed by atoms with Crippen molar-refractivity contribution < 1.29 is 0 Å².